The quantitative estimate of drug-likeness (QED) is 0.631. The molecule has 0 unspecified atom stereocenters. The van der Waals surface area contributed by atoms with E-state index in [1.165, 1.54) is 37.4 Å². The molecule has 0 aliphatic rings. The second-order valence-corrected chi connectivity index (χ2v) is 7.71. The number of sulfonamides is 1. The van der Waals surface area contributed by atoms with Gasteiger partial charge in [-0.3, -0.25) is 9.69 Å². The Kier molecular flexibility index (Phi) is 7.48. The number of ether oxygens (including phenoxy) is 2. The van der Waals surface area contributed by atoms with Crippen LogP contribution in [0.5, 0.6) is 11.5 Å². The van der Waals surface area contributed by atoms with Gasteiger partial charge in [0.1, 0.15) is 0 Å². The molecular weight excluding hydrogens is 408 g/mol. The molecule has 0 bridgehead atoms. The van der Waals surface area contributed by atoms with Gasteiger partial charge in [0.2, 0.25) is 15.9 Å². The SMILES string of the molecule is COc1cc(CN(C)CC(=O)Nc2ccc(S(N)(=O)=O)cc2)ccc1OC(F)F. The van der Waals surface area contributed by atoms with Gasteiger partial charge in [-0.05, 0) is 49.0 Å². The molecule has 0 saturated carbocycles. The van der Waals surface area contributed by atoms with Gasteiger partial charge < -0.3 is 14.8 Å². The van der Waals surface area contributed by atoms with E-state index in [4.69, 9.17) is 9.88 Å². The molecular formula is C18H21F2N3O5S. The number of amides is 1. The van der Waals surface area contributed by atoms with Crippen LogP contribution in [0.25, 0.3) is 0 Å². The molecule has 0 aliphatic heterocycles. The third kappa shape index (κ3) is 6.97. The van der Waals surface area contributed by atoms with E-state index in [1.54, 1.807) is 24.1 Å². The van der Waals surface area contributed by atoms with Gasteiger partial charge in [0.15, 0.2) is 11.5 Å². The number of anilines is 1. The van der Waals surface area contributed by atoms with Crippen LogP contribution in [0.15, 0.2) is 47.4 Å². The number of primary sulfonamides is 1. The highest BCUT2D eigenvalue weighted by molar-refractivity contribution is 7.89. The topological polar surface area (TPSA) is 111 Å². The fourth-order valence-corrected chi connectivity index (χ4v) is 3.06. The molecule has 0 aromatic heterocycles. The molecule has 2 aromatic carbocycles. The van der Waals surface area contributed by atoms with Crippen LogP contribution in [-0.2, 0) is 21.4 Å². The van der Waals surface area contributed by atoms with Crippen LogP contribution in [-0.4, -0.2) is 46.5 Å². The van der Waals surface area contributed by atoms with E-state index in [0.717, 1.165) is 5.56 Å². The number of halogens is 2. The van der Waals surface area contributed by atoms with Crippen molar-refractivity contribution in [3.63, 3.8) is 0 Å². The van der Waals surface area contributed by atoms with Crippen LogP contribution >= 0.6 is 0 Å². The number of benzene rings is 2. The van der Waals surface area contributed by atoms with Gasteiger partial charge in [-0.1, -0.05) is 6.07 Å². The molecule has 0 fully saturated rings. The number of likely N-dealkylation sites (N-methyl/N-ethyl adjacent to an activating group) is 1. The summed E-state index contributed by atoms with van der Waals surface area (Å²) < 4.78 is 56.7. The van der Waals surface area contributed by atoms with E-state index in [9.17, 15) is 22.0 Å². The molecule has 0 radical (unpaired) electrons. The Balaban J connectivity index is 1.94. The van der Waals surface area contributed by atoms with Crippen molar-refractivity contribution in [1.82, 2.24) is 4.90 Å². The number of carbonyl (C=O) groups is 1. The van der Waals surface area contributed by atoms with Gasteiger partial charge in [0.25, 0.3) is 0 Å². The lowest BCUT2D eigenvalue weighted by molar-refractivity contribution is -0.117. The molecule has 1 amide bonds. The first-order chi connectivity index (χ1) is 13.6. The number of nitrogens with two attached hydrogens (primary N) is 1. The number of carbonyl (C=O) groups excluding carboxylic acids is 1. The minimum Gasteiger partial charge on any atom is -0.493 e. The Labute approximate surface area is 167 Å². The summed E-state index contributed by atoms with van der Waals surface area (Å²) in [6, 6.07) is 9.99. The Hall–Kier alpha value is -2.76. The molecule has 2 aromatic rings. The number of rotatable bonds is 9. The Bertz CT molecular complexity index is 952. The molecule has 29 heavy (non-hydrogen) atoms. The van der Waals surface area contributed by atoms with Crippen molar-refractivity contribution in [2.24, 2.45) is 5.14 Å². The smallest absolute Gasteiger partial charge is 0.387 e. The van der Waals surface area contributed by atoms with Crippen LogP contribution < -0.4 is 19.9 Å². The number of hydrogen-bond acceptors (Lipinski definition) is 6. The van der Waals surface area contributed by atoms with Crippen LogP contribution in [0.2, 0.25) is 0 Å². The molecule has 0 heterocycles. The van der Waals surface area contributed by atoms with E-state index in [-0.39, 0.29) is 28.8 Å². The second kappa shape index (κ2) is 9.63. The summed E-state index contributed by atoms with van der Waals surface area (Å²) in [5, 5.41) is 7.67. The molecule has 158 valence electrons. The predicted octanol–water partition coefficient (Wildman–Crippen LogP) is 2.01. The van der Waals surface area contributed by atoms with Crippen LogP contribution in [0, 0.1) is 0 Å². The van der Waals surface area contributed by atoms with Crippen molar-refractivity contribution < 1.29 is 31.5 Å². The molecule has 0 aliphatic carbocycles. The van der Waals surface area contributed by atoms with E-state index >= 15 is 0 Å². The number of alkyl halides is 2. The molecule has 0 saturated heterocycles. The molecule has 3 N–H and O–H groups in total. The number of hydrogen-bond donors (Lipinski definition) is 2. The standard InChI is InChI=1S/C18H21F2N3O5S/c1-23(10-12-3-8-15(28-18(19)20)16(9-12)27-2)11-17(24)22-13-4-6-14(7-5-13)29(21,25)26/h3-9,18H,10-11H2,1-2H3,(H,22,24)(H2,21,25,26). The second-order valence-electron chi connectivity index (χ2n) is 6.15. The van der Waals surface area contributed by atoms with Crippen molar-refractivity contribution in [3.05, 3.63) is 48.0 Å². The van der Waals surface area contributed by atoms with E-state index in [2.05, 4.69) is 10.1 Å². The van der Waals surface area contributed by atoms with Crippen LogP contribution in [0.3, 0.4) is 0 Å². The zero-order chi connectivity index (χ0) is 21.6. The summed E-state index contributed by atoms with van der Waals surface area (Å²) in [7, 11) is -0.748. The molecule has 11 heteroatoms. The molecule has 0 atom stereocenters. The average Bonchev–Trinajstić information content (AvgIpc) is 2.62. The Morgan fingerprint density at radius 3 is 2.38 bits per heavy atom. The van der Waals surface area contributed by atoms with Gasteiger partial charge >= 0.3 is 6.61 Å². The molecule has 8 nitrogen and oxygen atoms in total. The van der Waals surface area contributed by atoms with Crippen molar-refractivity contribution >= 4 is 21.6 Å². The van der Waals surface area contributed by atoms with Crippen molar-refractivity contribution in [2.75, 3.05) is 26.0 Å². The maximum absolute atomic E-state index is 12.4. The maximum Gasteiger partial charge on any atom is 0.387 e. The maximum atomic E-state index is 12.4. The summed E-state index contributed by atoms with van der Waals surface area (Å²) in [6.45, 7) is -2.57. The summed E-state index contributed by atoms with van der Waals surface area (Å²) in [4.78, 5) is 13.8. The molecule has 2 rings (SSSR count). The largest absolute Gasteiger partial charge is 0.493 e. The lowest BCUT2D eigenvalue weighted by Gasteiger charge is -2.18. The summed E-state index contributed by atoms with van der Waals surface area (Å²) >= 11 is 0. The Morgan fingerprint density at radius 2 is 1.83 bits per heavy atom. The molecule has 0 spiro atoms. The highest BCUT2D eigenvalue weighted by Crippen LogP contribution is 2.29. The first-order valence-electron chi connectivity index (χ1n) is 8.31. The monoisotopic (exact) mass is 429 g/mol. The highest BCUT2D eigenvalue weighted by Gasteiger charge is 2.13. The van der Waals surface area contributed by atoms with E-state index in [1.807, 2.05) is 0 Å². The third-order valence-electron chi connectivity index (χ3n) is 3.78. The lowest BCUT2D eigenvalue weighted by atomic mass is 10.2. The van der Waals surface area contributed by atoms with Gasteiger partial charge in [-0.2, -0.15) is 8.78 Å². The number of nitrogens with zero attached hydrogens (tertiary/aromatic N) is 1. The average molecular weight is 429 g/mol. The number of methoxy groups -OCH3 is 1. The first-order valence-corrected chi connectivity index (χ1v) is 9.86. The van der Waals surface area contributed by atoms with Crippen molar-refractivity contribution in [1.29, 1.82) is 0 Å². The van der Waals surface area contributed by atoms with Crippen LogP contribution in [0.4, 0.5) is 14.5 Å². The van der Waals surface area contributed by atoms with Gasteiger partial charge in [-0.25, -0.2) is 13.6 Å². The highest BCUT2D eigenvalue weighted by atomic mass is 32.2. The predicted molar refractivity (Wildman–Crippen MR) is 102 cm³/mol. The summed E-state index contributed by atoms with van der Waals surface area (Å²) in [5.74, 6) is -0.231. The van der Waals surface area contributed by atoms with Gasteiger partial charge in [-0.15, -0.1) is 0 Å². The van der Waals surface area contributed by atoms with Crippen molar-refractivity contribution in [3.8, 4) is 11.5 Å². The lowest BCUT2D eigenvalue weighted by Crippen LogP contribution is -2.29. The van der Waals surface area contributed by atoms with Crippen LogP contribution in [0.1, 0.15) is 5.56 Å². The Morgan fingerprint density at radius 1 is 1.17 bits per heavy atom. The third-order valence-corrected chi connectivity index (χ3v) is 4.71. The first kappa shape index (κ1) is 22.5. The van der Waals surface area contributed by atoms with E-state index in [0.29, 0.717) is 12.2 Å². The fourth-order valence-electron chi connectivity index (χ4n) is 2.54. The van der Waals surface area contributed by atoms with E-state index < -0.39 is 16.6 Å². The normalized spacial score (nSPS) is 11.6. The minimum atomic E-state index is -3.80. The zero-order valence-corrected chi connectivity index (χ0v) is 16.6. The summed E-state index contributed by atoms with van der Waals surface area (Å²) in [6.07, 6.45) is 0. The summed E-state index contributed by atoms with van der Waals surface area (Å²) in [5.41, 5.74) is 1.15. The van der Waals surface area contributed by atoms with Gasteiger partial charge in [0.05, 0.1) is 18.6 Å². The van der Waals surface area contributed by atoms with Gasteiger partial charge in [0, 0.05) is 12.2 Å². The van der Waals surface area contributed by atoms with Crippen molar-refractivity contribution in [2.45, 2.75) is 18.1 Å². The zero-order valence-electron chi connectivity index (χ0n) is 15.8. The fraction of sp³-hybridized carbons (Fsp3) is 0.278. The minimum absolute atomic E-state index is 0.0362. The number of nitrogens with one attached hydrogen (secondary N) is 1.